The molecule has 0 N–H and O–H groups in total. The maximum absolute atomic E-state index is 13.1. The Bertz CT molecular complexity index is 590. The van der Waals surface area contributed by atoms with Gasteiger partial charge in [0.25, 0.3) is 0 Å². The molecule has 0 heterocycles. The Morgan fingerprint density at radius 2 is 1.85 bits per heavy atom. The zero-order valence-corrected chi connectivity index (χ0v) is 12.4. The van der Waals surface area contributed by atoms with E-state index in [1.54, 1.807) is 23.9 Å². The van der Waals surface area contributed by atoms with Crippen LogP contribution in [0, 0.1) is 11.7 Å². The molecular weight excluding hydrogens is 271 g/mol. The van der Waals surface area contributed by atoms with Gasteiger partial charge >= 0.3 is 0 Å². The van der Waals surface area contributed by atoms with Gasteiger partial charge in [-0.3, -0.25) is 4.79 Å². The van der Waals surface area contributed by atoms with Gasteiger partial charge < -0.3 is 0 Å². The van der Waals surface area contributed by atoms with Crippen molar-refractivity contribution in [3.8, 4) is 0 Å². The molecule has 0 aromatic heterocycles. The van der Waals surface area contributed by atoms with Gasteiger partial charge in [0.15, 0.2) is 5.78 Å². The fourth-order valence-corrected chi connectivity index (χ4v) is 2.68. The molecule has 3 heteroatoms. The number of carbonyl (C=O) groups is 1. The molecule has 2 aromatic rings. The van der Waals surface area contributed by atoms with Crippen LogP contribution in [-0.2, 0) is 5.75 Å². The highest BCUT2D eigenvalue weighted by atomic mass is 32.2. The van der Waals surface area contributed by atoms with E-state index in [1.807, 2.05) is 44.2 Å². The van der Waals surface area contributed by atoms with Crippen LogP contribution in [0.2, 0.25) is 0 Å². The maximum atomic E-state index is 13.1. The zero-order valence-electron chi connectivity index (χ0n) is 11.6. The molecule has 0 spiro atoms. The third-order valence-corrected chi connectivity index (χ3v) is 4.04. The Morgan fingerprint density at radius 1 is 1.15 bits per heavy atom. The number of thioether (sulfide) groups is 1. The average molecular weight is 288 g/mol. The normalized spacial score (nSPS) is 10.8. The van der Waals surface area contributed by atoms with Crippen molar-refractivity contribution in [1.29, 1.82) is 0 Å². The lowest BCUT2D eigenvalue weighted by Crippen LogP contribution is -2.06. The van der Waals surface area contributed by atoms with Crippen LogP contribution in [0.1, 0.15) is 29.8 Å². The number of hydrogen-bond acceptors (Lipinski definition) is 2. The van der Waals surface area contributed by atoms with Gasteiger partial charge in [-0.25, -0.2) is 4.39 Å². The van der Waals surface area contributed by atoms with Gasteiger partial charge in [-0.15, -0.1) is 11.8 Å². The average Bonchev–Trinajstić information content (AvgIpc) is 2.45. The standard InChI is InChI=1S/C17H17FOS/c1-12(2)17(19)14-6-8-16(9-7-14)20-11-13-4-3-5-15(18)10-13/h3-10,12H,11H2,1-2H3. The largest absolute Gasteiger partial charge is 0.294 e. The van der Waals surface area contributed by atoms with E-state index in [1.165, 1.54) is 6.07 Å². The molecule has 0 saturated carbocycles. The number of rotatable bonds is 5. The maximum Gasteiger partial charge on any atom is 0.165 e. The number of Topliss-reactive ketones (excluding diaryl/α,β-unsaturated/α-hetero) is 1. The second-order valence-electron chi connectivity index (χ2n) is 4.96. The van der Waals surface area contributed by atoms with E-state index in [2.05, 4.69) is 0 Å². The molecule has 0 bridgehead atoms. The van der Waals surface area contributed by atoms with Crippen molar-refractivity contribution in [2.75, 3.05) is 0 Å². The summed E-state index contributed by atoms with van der Waals surface area (Å²) in [5.41, 5.74) is 1.70. The van der Waals surface area contributed by atoms with Crippen LogP contribution in [0.5, 0.6) is 0 Å². The molecule has 0 unspecified atom stereocenters. The molecule has 0 aliphatic rings. The first-order valence-corrected chi connectivity index (χ1v) is 7.56. The SMILES string of the molecule is CC(C)C(=O)c1ccc(SCc2cccc(F)c2)cc1. The van der Waals surface area contributed by atoms with Gasteiger partial charge in [-0.2, -0.15) is 0 Å². The Hall–Kier alpha value is -1.61. The second-order valence-corrected chi connectivity index (χ2v) is 6.01. The first-order chi connectivity index (χ1) is 9.56. The molecule has 0 aliphatic heterocycles. The number of ketones is 1. The molecule has 104 valence electrons. The highest BCUT2D eigenvalue weighted by molar-refractivity contribution is 7.98. The van der Waals surface area contributed by atoms with Crippen LogP contribution in [0.15, 0.2) is 53.4 Å². The predicted molar refractivity (Wildman–Crippen MR) is 81.6 cm³/mol. The summed E-state index contributed by atoms with van der Waals surface area (Å²) in [6, 6.07) is 14.2. The summed E-state index contributed by atoms with van der Waals surface area (Å²) in [6.07, 6.45) is 0. The summed E-state index contributed by atoms with van der Waals surface area (Å²) >= 11 is 1.63. The van der Waals surface area contributed by atoms with E-state index < -0.39 is 0 Å². The smallest absolute Gasteiger partial charge is 0.165 e. The summed E-state index contributed by atoms with van der Waals surface area (Å²) in [6.45, 7) is 3.80. The van der Waals surface area contributed by atoms with Gasteiger partial charge in [0.1, 0.15) is 5.82 Å². The van der Waals surface area contributed by atoms with Gasteiger partial charge in [-0.1, -0.05) is 38.1 Å². The summed E-state index contributed by atoms with van der Waals surface area (Å²) in [7, 11) is 0. The minimum Gasteiger partial charge on any atom is -0.294 e. The highest BCUT2D eigenvalue weighted by Gasteiger charge is 2.09. The van der Waals surface area contributed by atoms with E-state index in [-0.39, 0.29) is 17.5 Å². The van der Waals surface area contributed by atoms with Crippen molar-refractivity contribution in [1.82, 2.24) is 0 Å². The van der Waals surface area contributed by atoms with Gasteiger partial charge in [0.2, 0.25) is 0 Å². The summed E-state index contributed by atoms with van der Waals surface area (Å²) in [5, 5.41) is 0. The van der Waals surface area contributed by atoms with Gasteiger partial charge in [0.05, 0.1) is 0 Å². The quantitative estimate of drug-likeness (QED) is 0.571. The first kappa shape index (κ1) is 14.8. The Morgan fingerprint density at radius 3 is 2.45 bits per heavy atom. The van der Waals surface area contributed by atoms with Crippen LogP contribution < -0.4 is 0 Å². The minimum absolute atomic E-state index is 0.0146. The number of benzene rings is 2. The predicted octanol–water partition coefficient (Wildman–Crippen LogP) is 4.96. The van der Waals surface area contributed by atoms with E-state index in [0.717, 1.165) is 21.8 Å². The van der Waals surface area contributed by atoms with Gasteiger partial charge in [0, 0.05) is 22.1 Å². The topological polar surface area (TPSA) is 17.1 Å². The highest BCUT2D eigenvalue weighted by Crippen LogP contribution is 2.24. The molecule has 0 fully saturated rings. The first-order valence-electron chi connectivity index (χ1n) is 6.58. The lowest BCUT2D eigenvalue weighted by molar-refractivity contribution is 0.0939. The van der Waals surface area contributed by atoms with Crippen molar-refractivity contribution < 1.29 is 9.18 Å². The molecule has 2 aromatic carbocycles. The Labute approximate surface area is 123 Å². The zero-order chi connectivity index (χ0) is 14.5. The Kier molecular flexibility index (Phi) is 4.96. The van der Waals surface area contributed by atoms with E-state index in [0.29, 0.717) is 0 Å². The molecule has 0 amide bonds. The van der Waals surface area contributed by atoms with Crippen LogP contribution in [0.4, 0.5) is 4.39 Å². The molecule has 1 nitrogen and oxygen atoms in total. The Balaban J connectivity index is 1.99. The van der Waals surface area contributed by atoms with Crippen molar-refractivity contribution in [2.24, 2.45) is 5.92 Å². The monoisotopic (exact) mass is 288 g/mol. The number of carbonyl (C=O) groups excluding carboxylic acids is 1. The molecule has 20 heavy (non-hydrogen) atoms. The van der Waals surface area contributed by atoms with Crippen LogP contribution in [0.3, 0.4) is 0 Å². The van der Waals surface area contributed by atoms with Crippen LogP contribution in [0.25, 0.3) is 0 Å². The molecule has 0 atom stereocenters. The molecule has 2 rings (SSSR count). The van der Waals surface area contributed by atoms with E-state index >= 15 is 0 Å². The van der Waals surface area contributed by atoms with E-state index in [4.69, 9.17) is 0 Å². The second kappa shape index (κ2) is 6.71. The fraction of sp³-hybridized carbons (Fsp3) is 0.235. The van der Waals surface area contributed by atoms with Gasteiger partial charge in [-0.05, 0) is 29.8 Å². The number of halogens is 1. The lowest BCUT2D eigenvalue weighted by atomic mass is 10.0. The molecule has 0 saturated heterocycles. The van der Waals surface area contributed by atoms with E-state index in [9.17, 15) is 9.18 Å². The number of hydrogen-bond donors (Lipinski definition) is 0. The summed E-state index contributed by atoms with van der Waals surface area (Å²) in [5.74, 6) is 0.684. The third-order valence-electron chi connectivity index (χ3n) is 2.96. The fourth-order valence-electron chi connectivity index (χ4n) is 1.84. The summed E-state index contributed by atoms with van der Waals surface area (Å²) < 4.78 is 13.1. The molecular formula is C17H17FOS. The third kappa shape index (κ3) is 3.94. The van der Waals surface area contributed by atoms with Crippen LogP contribution >= 0.6 is 11.8 Å². The minimum atomic E-state index is -0.207. The van der Waals surface area contributed by atoms with Crippen molar-refractivity contribution in [2.45, 2.75) is 24.5 Å². The van der Waals surface area contributed by atoms with Crippen molar-refractivity contribution >= 4 is 17.5 Å². The molecule has 0 aliphatic carbocycles. The lowest BCUT2D eigenvalue weighted by Gasteiger charge is -2.06. The van der Waals surface area contributed by atoms with Crippen molar-refractivity contribution in [3.63, 3.8) is 0 Å². The van der Waals surface area contributed by atoms with Crippen molar-refractivity contribution in [3.05, 3.63) is 65.5 Å². The summed E-state index contributed by atoms with van der Waals surface area (Å²) in [4.78, 5) is 12.9. The van der Waals surface area contributed by atoms with Crippen LogP contribution in [-0.4, -0.2) is 5.78 Å². The molecule has 0 radical (unpaired) electrons.